The van der Waals surface area contributed by atoms with Crippen molar-refractivity contribution < 1.29 is 19.1 Å². The van der Waals surface area contributed by atoms with Crippen molar-refractivity contribution in [2.45, 2.75) is 12.8 Å². The molecule has 0 unspecified atom stereocenters. The van der Waals surface area contributed by atoms with Crippen LogP contribution in [0.15, 0.2) is 120 Å². The van der Waals surface area contributed by atoms with Gasteiger partial charge in [0.25, 0.3) is 11.8 Å². The number of benzene rings is 4. The Kier molecular flexibility index (Phi) is 10.3. The predicted molar refractivity (Wildman–Crippen MR) is 176 cm³/mol. The first-order valence-corrected chi connectivity index (χ1v) is 15.0. The molecule has 5 rings (SSSR count). The summed E-state index contributed by atoms with van der Waals surface area (Å²) in [7, 11) is 0. The van der Waals surface area contributed by atoms with E-state index in [9.17, 15) is 14.4 Å². The molecule has 44 heavy (non-hydrogen) atoms. The van der Waals surface area contributed by atoms with Crippen LogP contribution in [0.2, 0.25) is 0 Å². The van der Waals surface area contributed by atoms with Crippen molar-refractivity contribution >= 4 is 56.0 Å². The van der Waals surface area contributed by atoms with Crippen molar-refractivity contribution in [2.24, 2.45) is 0 Å². The molecule has 0 spiro atoms. The van der Waals surface area contributed by atoms with E-state index in [1.54, 1.807) is 35.5 Å². The van der Waals surface area contributed by atoms with E-state index in [-0.39, 0.29) is 18.4 Å². The van der Waals surface area contributed by atoms with Gasteiger partial charge in [0, 0.05) is 53.0 Å². The molecule has 222 valence electrons. The van der Waals surface area contributed by atoms with Crippen LogP contribution in [-0.4, -0.2) is 42.6 Å². The summed E-state index contributed by atoms with van der Waals surface area (Å²) in [6.07, 6.45) is 3.53. The molecule has 0 atom stereocenters. The second-order valence-corrected chi connectivity index (χ2v) is 10.9. The number of hydrogen-bond acceptors (Lipinski definition) is 5. The van der Waals surface area contributed by atoms with Gasteiger partial charge in [-0.2, -0.15) is 0 Å². The maximum Gasteiger partial charge on any atom is 0.411 e. The van der Waals surface area contributed by atoms with Gasteiger partial charge in [-0.1, -0.05) is 72.8 Å². The van der Waals surface area contributed by atoms with Crippen LogP contribution >= 0.6 is 15.9 Å². The minimum atomic E-state index is -0.556. The first-order valence-electron chi connectivity index (χ1n) is 14.2. The molecule has 3 amide bonds. The van der Waals surface area contributed by atoms with E-state index in [4.69, 9.17) is 4.74 Å². The molecule has 1 aromatic heterocycles. The molecule has 9 heteroatoms. The number of hydrogen-bond donors (Lipinski definition) is 2. The van der Waals surface area contributed by atoms with E-state index in [0.717, 1.165) is 26.5 Å². The van der Waals surface area contributed by atoms with Crippen LogP contribution in [0, 0.1) is 0 Å². The van der Waals surface area contributed by atoms with Gasteiger partial charge in [-0.15, -0.1) is 0 Å². The standard InChI is InChI=1S/C35H31BrN4O4/c36-28-22-27(23-37-24-28)34(42)40(29-13-2-1-3-14-29)20-9-19-38-33(41)31-16-7-5-11-26(31)18-21-44-35(43)39-32-17-8-12-25-10-4-6-15-30(25)32/h1-8,10-17,22-24H,9,18-21H2,(H,38,41)(H,39,43). The van der Waals surface area contributed by atoms with Crippen molar-refractivity contribution in [3.05, 3.63) is 137 Å². The lowest BCUT2D eigenvalue weighted by Crippen LogP contribution is -2.34. The first kappa shape index (κ1) is 30.4. The zero-order valence-corrected chi connectivity index (χ0v) is 25.5. The van der Waals surface area contributed by atoms with Gasteiger partial charge in [-0.3, -0.25) is 19.9 Å². The number of pyridine rings is 1. The number of ether oxygens (including phenoxy) is 1. The summed E-state index contributed by atoms with van der Waals surface area (Å²) in [5, 5.41) is 7.72. The number of nitrogens with zero attached hydrogens (tertiary/aromatic N) is 2. The fraction of sp³-hybridized carbons (Fsp3) is 0.143. The van der Waals surface area contributed by atoms with Crippen molar-refractivity contribution in [3.63, 3.8) is 0 Å². The van der Waals surface area contributed by atoms with Gasteiger partial charge in [0.15, 0.2) is 0 Å². The number of halogens is 1. The summed E-state index contributed by atoms with van der Waals surface area (Å²) in [5.74, 6) is -0.402. The summed E-state index contributed by atoms with van der Waals surface area (Å²) >= 11 is 3.38. The molecule has 0 fully saturated rings. The Bertz CT molecular complexity index is 1760. The third-order valence-electron chi connectivity index (χ3n) is 7.00. The van der Waals surface area contributed by atoms with E-state index in [1.807, 2.05) is 84.9 Å². The summed E-state index contributed by atoms with van der Waals surface area (Å²) < 4.78 is 6.16. The largest absolute Gasteiger partial charge is 0.449 e. The van der Waals surface area contributed by atoms with Crippen molar-refractivity contribution in [1.82, 2.24) is 10.3 Å². The van der Waals surface area contributed by atoms with Gasteiger partial charge in [0.1, 0.15) is 0 Å². The Hall–Kier alpha value is -5.02. The quantitative estimate of drug-likeness (QED) is 0.147. The minimum Gasteiger partial charge on any atom is -0.449 e. The second-order valence-electron chi connectivity index (χ2n) is 9.99. The van der Waals surface area contributed by atoms with E-state index < -0.39 is 6.09 Å². The maximum atomic E-state index is 13.3. The molecule has 0 aliphatic heterocycles. The molecule has 0 bridgehead atoms. The zero-order valence-electron chi connectivity index (χ0n) is 23.9. The van der Waals surface area contributed by atoms with Crippen LogP contribution in [0.4, 0.5) is 16.2 Å². The Labute approximate surface area is 264 Å². The summed E-state index contributed by atoms with van der Waals surface area (Å²) in [6, 6.07) is 31.9. The van der Waals surface area contributed by atoms with Crippen LogP contribution in [0.5, 0.6) is 0 Å². The van der Waals surface area contributed by atoms with Gasteiger partial charge in [0.2, 0.25) is 0 Å². The first-order chi connectivity index (χ1) is 21.5. The van der Waals surface area contributed by atoms with E-state index >= 15 is 0 Å². The number of rotatable bonds is 11. The van der Waals surface area contributed by atoms with Crippen LogP contribution in [0.25, 0.3) is 10.8 Å². The number of fused-ring (bicyclic) bond motifs is 1. The zero-order chi connectivity index (χ0) is 30.7. The average Bonchev–Trinajstić information content (AvgIpc) is 3.05. The van der Waals surface area contributed by atoms with Crippen LogP contribution in [0.1, 0.15) is 32.7 Å². The maximum absolute atomic E-state index is 13.3. The highest BCUT2D eigenvalue weighted by atomic mass is 79.9. The number of nitrogens with one attached hydrogen (secondary N) is 2. The molecule has 4 aromatic carbocycles. The van der Waals surface area contributed by atoms with Crippen LogP contribution in [-0.2, 0) is 11.2 Å². The number of anilines is 2. The predicted octanol–water partition coefficient (Wildman–Crippen LogP) is 7.26. The Morgan fingerprint density at radius 1 is 0.841 bits per heavy atom. The highest BCUT2D eigenvalue weighted by Gasteiger charge is 2.19. The molecule has 0 radical (unpaired) electrons. The average molecular weight is 652 g/mol. The SMILES string of the molecule is O=C(Nc1cccc2ccccc12)OCCc1ccccc1C(=O)NCCCN(C(=O)c1cncc(Br)c1)c1ccccc1. The van der Waals surface area contributed by atoms with Gasteiger partial charge >= 0.3 is 6.09 Å². The molecular weight excluding hydrogens is 620 g/mol. The second kappa shape index (κ2) is 14.9. The number of carbonyl (C=O) groups excluding carboxylic acids is 3. The number of para-hydroxylation sites is 1. The van der Waals surface area contributed by atoms with E-state index in [0.29, 0.717) is 42.7 Å². The fourth-order valence-corrected chi connectivity index (χ4v) is 5.23. The summed E-state index contributed by atoms with van der Waals surface area (Å²) in [6.45, 7) is 0.876. The molecule has 8 nitrogen and oxygen atoms in total. The van der Waals surface area contributed by atoms with Crippen molar-refractivity contribution in [2.75, 3.05) is 29.9 Å². The normalized spacial score (nSPS) is 10.7. The lowest BCUT2D eigenvalue weighted by molar-refractivity contribution is 0.0952. The van der Waals surface area contributed by atoms with Crippen LogP contribution in [0.3, 0.4) is 0 Å². The third kappa shape index (κ3) is 7.87. The molecule has 0 aliphatic carbocycles. The van der Waals surface area contributed by atoms with Crippen molar-refractivity contribution in [3.8, 4) is 0 Å². The molecule has 1 heterocycles. The van der Waals surface area contributed by atoms with Gasteiger partial charge in [-0.25, -0.2) is 4.79 Å². The lowest BCUT2D eigenvalue weighted by atomic mass is 10.0. The monoisotopic (exact) mass is 650 g/mol. The van der Waals surface area contributed by atoms with Gasteiger partial charge < -0.3 is 15.0 Å². The lowest BCUT2D eigenvalue weighted by Gasteiger charge is -2.23. The van der Waals surface area contributed by atoms with Gasteiger partial charge in [-0.05, 0) is 63.6 Å². The number of amides is 3. The highest BCUT2D eigenvalue weighted by Crippen LogP contribution is 2.23. The molecule has 0 aliphatic rings. The molecule has 0 saturated carbocycles. The number of carbonyl (C=O) groups is 3. The Morgan fingerprint density at radius 2 is 1.59 bits per heavy atom. The Morgan fingerprint density at radius 3 is 2.43 bits per heavy atom. The third-order valence-corrected chi connectivity index (χ3v) is 7.44. The van der Waals surface area contributed by atoms with E-state index in [2.05, 4.69) is 31.5 Å². The number of aromatic nitrogens is 1. The molecular formula is C35H31BrN4O4. The minimum absolute atomic E-state index is 0.111. The summed E-state index contributed by atoms with van der Waals surface area (Å²) in [4.78, 5) is 44.8. The molecule has 0 saturated heterocycles. The Balaban J connectivity index is 1.14. The topological polar surface area (TPSA) is 101 Å². The van der Waals surface area contributed by atoms with Crippen molar-refractivity contribution in [1.29, 1.82) is 0 Å². The summed E-state index contributed by atoms with van der Waals surface area (Å²) in [5.41, 5.74) is 3.19. The van der Waals surface area contributed by atoms with E-state index in [1.165, 1.54) is 0 Å². The smallest absolute Gasteiger partial charge is 0.411 e. The highest BCUT2D eigenvalue weighted by molar-refractivity contribution is 9.10. The van der Waals surface area contributed by atoms with Gasteiger partial charge in [0.05, 0.1) is 17.9 Å². The molecule has 5 aromatic rings. The fourth-order valence-electron chi connectivity index (χ4n) is 4.87. The van der Waals surface area contributed by atoms with Crippen LogP contribution < -0.4 is 15.5 Å². The molecule has 2 N–H and O–H groups in total.